The Bertz CT molecular complexity index is 3370. The number of carbonyl (C=O) groups excluding carboxylic acids is 14. The van der Waals surface area contributed by atoms with Gasteiger partial charge in [-0.15, -0.1) is 0 Å². The number of nitrogens with one attached hydrogen (secondary N) is 7. The summed E-state index contributed by atoms with van der Waals surface area (Å²) in [5, 5.41) is 20.6. The molecule has 9 N–H and O–H groups in total. The van der Waals surface area contributed by atoms with Gasteiger partial charge in [-0.05, 0) is 197 Å². The van der Waals surface area contributed by atoms with E-state index in [0.717, 1.165) is 23.4 Å². The van der Waals surface area contributed by atoms with Gasteiger partial charge >= 0.3 is 47.8 Å². The van der Waals surface area contributed by atoms with Crippen molar-refractivity contribution in [2.45, 2.75) is 290 Å². The van der Waals surface area contributed by atoms with Crippen molar-refractivity contribution in [1.82, 2.24) is 37.2 Å². The Hall–Kier alpha value is -9.02. The van der Waals surface area contributed by atoms with E-state index in [4.69, 9.17) is 38.9 Å². The molecule has 0 aliphatic heterocycles. The Labute approximate surface area is 629 Å². The number of hydrogen-bond acceptors (Lipinski definition) is 22. The number of Topliss-reactive ketones (excluding diaryl/α,β-unsaturated/α-hetero) is 1. The molecule has 1 saturated carbocycles. The fourth-order valence-corrected chi connectivity index (χ4v) is 11.4. The molecule has 29 nitrogen and oxygen atoms in total. The van der Waals surface area contributed by atoms with Crippen LogP contribution in [0.3, 0.4) is 0 Å². The molecule has 0 saturated heterocycles. The van der Waals surface area contributed by atoms with Gasteiger partial charge in [-0.1, -0.05) is 68.0 Å². The molecule has 0 aromatic heterocycles. The Morgan fingerprint density at radius 3 is 1.50 bits per heavy atom. The lowest BCUT2D eigenvalue weighted by Crippen LogP contribution is -2.53. The Kier molecular flexibility index (Phi) is 37.7. The predicted octanol–water partition coefficient (Wildman–Crippen LogP) is 7.50. The van der Waals surface area contributed by atoms with E-state index in [1.54, 1.807) is 104 Å². The number of urea groups is 1. The molecule has 3 rings (SSSR count). The fourth-order valence-electron chi connectivity index (χ4n) is 11.4. The first-order chi connectivity index (χ1) is 49.7. The standard InChI is InChI=1S/C78H120N8O21/c1-18-40-102-64(91)30-21-19-20-28-55(82-62(89)45-59(72(99)107-78(14,15)16)84-63(90)46-58(71(98)106-77(11,12)13)83-61(88)44-54(79)68(95)104-75(5,6)7)67(94)81-47-48-31-35-51(36-32-48)60(87)43-53(42-49-33-34-50-26-22-23-27-52(50)41-49)66(93)80-39-25-24-29-56(69(96)101-17)85-73(100)86-57(70(97)105-76(8,9)10)37-38-65(92)103-74(2,3)4/h18,22-23,26-27,33-34,41,48,51,53-59H,1,19-21,24-25,28-32,35-40,42-47,79H2,2-17H3,(H,80,93)(H,81,94)(H,82,89)(H,83,88)(H,84,90)(H2,85,86,100). The van der Waals surface area contributed by atoms with Crippen LogP contribution in [-0.2, 0) is 102 Å². The van der Waals surface area contributed by atoms with Crippen molar-refractivity contribution in [1.29, 1.82) is 0 Å². The van der Waals surface area contributed by atoms with E-state index in [1.165, 1.54) is 6.08 Å². The summed E-state index contributed by atoms with van der Waals surface area (Å²) in [6.07, 6.45) is 3.22. The summed E-state index contributed by atoms with van der Waals surface area (Å²) < 4.78 is 37.3. The molecule has 29 heteroatoms. The molecule has 0 radical (unpaired) electrons. The van der Waals surface area contributed by atoms with Crippen LogP contribution < -0.4 is 43.0 Å². The van der Waals surface area contributed by atoms with E-state index in [9.17, 15) is 67.1 Å². The van der Waals surface area contributed by atoms with Crippen LogP contribution >= 0.6 is 0 Å². The van der Waals surface area contributed by atoms with Gasteiger partial charge in [0.15, 0.2) is 0 Å². The number of rotatable bonds is 41. The highest BCUT2D eigenvalue weighted by Crippen LogP contribution is 2.32. The number of benzene rings is 2. The van der Waals surface area contributed by atoms with Crippen LogP contribution in [-0.4, -0.2) is 174 Å². The number of hydrogen-bond donors (Lipinski definition) is 8. The number of ether oxygens (including phenoxy) is 7. The van der Waals surface area contributed by atoms with Crippen LogP contribution in [0, 0.1) is 17.8 Å². The largest absolute Gasteiger partial charge is 0.467 e. The van der Waals surface area contributed by atoms with E-state index in [-0.39, 0.29) is 82.3 Å². The van der Waals surface area contributed by atoms with Crippen molar-refractivity contribution in [3.8, 4) is 0 Å². The number of methoxy groups -OCH3 is 1. The summed E-state index contributed by atoms with van der Waals surface area (Å²) in [5.41, 5.74) is 1.97. The van der Waals surface area contributed by atoms with E-state index >= 15 is 0 Å². The Balaban J connectivity index is 1.76. The molecule has 2 aromatic carbocycles. The zero-order chi connectivity index (χ0) is 80.6. The third kappa shape index (κ3) is 38.9. The summed E-state index contributed by atoms with van der Waals surface area (Å²) in [6, 6.07) is 4.36. The molecule has 2 aromatic rings. The van der Waals surface area contributed by atoms with Crippen molar-refractivity contribution in [3.63, 3.8) is 0 Å². The molecule has 0 heterocycles. The third-order valence-corrected chi connectivity index (χ3v) is 16.4. The number of amides is 7. The van der Waals surface area contributed by atoms with Gasteiger partial charge in [0, 0.05) is 44.2 Å². The average Bonchev–Trinajstić information content (AvgIpc) is 0.837. The topological polar surface area (TPSA) is 414 Å². The molecule has 1 aliphatic carbocycles. The lowest BCUT2D eigenvalue weighted by molar-refractivity contribution is -0.161. The Morgan fingerprint density at radius 1 is 0.486 bits per heavy atom. The van der Waals surface area contributed by atoms with Gasteiger partial charge in [-0.25, -0.2) is 24.0 Å². The zero-order valence-corrected chi connectivity index (χ0v) is 65.7. The maximum atomic E-state index is 14.4. The average molecular weight is 1510 g/mol. The van der Waals surface area contributed by atoms with Gasteiger partial charge < -0.3 is 76.1 Å². The van der Waals surface area contributed by atoms with Crippen LogP contribution in [0.2, 0.25) is 0 Å². The highest BCUT2D eigenvalue weighted by atomic mass is 16.6. The van der Waals surface area contributed by atoms with E-state index < -0.39 is 167 Å². The van der Waals surface area contributed by atoms with Gasteiger partial charge in [-0.2, -0.15) is 0 Å². The second-order valence-corrected chi connectivity index (χ2v) is 32.2. The van der Waals surface area contributed by atoms with Crippen LogP contribution in [0.5, 0.6) is 0 Å². The quantitative estimate of drug-likeness (QED) is 0.0138. The van der Waals surface area contributed by atoms with Crippen LogP contribution in [0.1, 0.15) is 225 Å². The number of fused-ring (bicyclic) bond motifs is 1. The molecule has 1 aliphatic rings. The highest BCUT2D eigenvalue weighted by Gasteiger charge is 2.37. The number of ketones is 1. The SMILES string of the molecule is C=CCOC(=O)CCCCCC(NC(=O)CC(NC(=O)CC(NC(=O)CC(N)C(=O)OC(C)(C)C)C(=O)OC(C)(C)C)C(=O)OC(C)(C)C)C(=O)NCC1CCC(C(=O)CC(Cc2ccc3ccccc3c2)C(=O)NCCCCC(NC(=O)NC(CCC(=O)OC(C)(C)C)C(=O)OC(C)(C)C)C(=O)OC)CC1. The molecule has 7 amide bonds. The summed E-state index contributed by atoms with van der Waals surface area (Å²) in [4.78, 5) is 188. The minimum absolute atomic E-state index is 0.0431. The number of unbranched alkanes of at least 4 members (excludes halogenated alkanes) is 3. The second-order valence-electron chi connectivity index (χ2n) is 32.2. The minimum atomic E-state index is -1.69. The van der Waals surface area contributed by atoms with E-state index in [1.807, 2.05) is 42.5 Å². The first-order valence-electron chi connectivity index (χ1n) is 37.0. The maximum absolute atomic E-state index is 14.4. The van der Waals surface area contributed by atoms with Crippen molar-refractivity contribution in [2.24, 2.45) is 23.5 Å². The molecule has 0 bridgehead atoms. The Morgan fingerprint density at radius 2 is 0.972 bits per heavy atom. The number of nitrogens with two attached hydrogens (primary N) is 1. The van der Waals surface area contributed by atoms with Gasteiger partial charge in [-0.3, -0.25) is 43.2 Å². The fraction of sp³-hybridized carbons (Fsp3) is 0.667. The van der Waals surface area contributed by atoms with Crippen molar-refractivity contribution in [2.75, 3.05) is 26.8 Å². The first kappa shape index (κ1) is 92.2. The molecule has 107 heavy (non-hydrogen) atoms. The molecule has 598 valence electrons. The molecule has 7 unspecified atom stereocenters. The smallest absolute Gasteiger partial charge is 0.329 e. The van der Waals surface area contributed by atoms with Crippen molar-refractivity contribution >= 4 is 93.9 Å². The van der Waals surface area contributed by atoms with Gasteiger partial charge in [0.25, 0.3) is 0 Å². The third-order valence-electron chi connectivity index (χ3n) is 16.4. The second kappa shape index (κ2) is 43.7. The summed E-state index contributed by atoms with van der Waals surface area (Å²) in [7, 11) is 1.16. The number of carbonyl (C=O) groups is 14. The van der Waals surface area contributed by atoms with Crippen LogP contribution in [0.4, 0.5) is 4.79 Å². The monoisotopic (exact) mass is 1500 g/mol. The normalized spacial score (nSPS) is 16.0. The first-order valence-corrected chi connectivity index (χ1v) is 37.0. The lowest BCUT2D eigenvalue weighted by atomic mass is 9.77. The summed E-state index contributed by atoms with van der Waals surface area (Å²) >= 11 is 0. The molecular formula is C78H120N8O21. The van der Waals surface area contributed by atoms with E-state index in [2.05, 4.69) is 43.8 Å². The van der Waals surface area contributed by atoms with Gasteiger partial charge in [0.1, 0.15) is 76.6 Å². The lowest BCUT2D eigenvalue weighted by Gasteiger charge is -2.29. The zero-order valence-electron chi connectivity index (χ0n) is 65.7. The van der Waals surface area contributed by atoms with Crippen molar-refractivity contribution in [3.05, 3.63) is 60.7 Å². The predicted molar refractivity (Wildman–Crippen MR) is 398 cm³/mol. The molecule has 7 atom stereocenters. The minimum Gasteiger partial charge on any atom is -0.467 e. The molecule has 0 spiro atoms. The van der Waals surface area contributed by atoms with E-state index in [0.29, 0.717) is 57.8 Å². The maximum Gasteiger partial charge on any atom is 0.329 e. The van der Waals surface area contributed by atoms with Crippen LogP contribution in [0.25, 0.3) is 10.8 Å². The summed E-state index contributed by atoms with van der Waals surface area (Å²) in [5.74, 6) is -10.5. The molecule has 1 fully saturated rings. The van der Waals surface area contributed by atoms with Crippen LogP contribution in [0.15, 0.2) is 55.1 Å². The van der Waals surface area contributed by atoms with Gasteiger partial charge in [0.2, 0.25) is 29.5 Å². The molecular weight excluding hydrogens is 1380 g/mol. The number of esters is 7. The van der Waals surface area contributed by atoms with Crippen molar-refractivity contribution < 1.29 is 100 Å². The highest BCUT2D eigenvalue weighted by molar-refractivity contribution is 5.95. The van der Waals surface area contributed by atoms with Gasteiger partial charge in [0.05, 0.1) is 26.4 Å². The summed E-state index contributed by atoms with van der Waals surface area (Å²) in [6.45, 7) is 28.2.